The third-order valence-corrected chi connectivity index (χ3v) is 5.19. The molecule has 0 atom stereocenters. The minimum atomic E-state index is 0.311. The molecule has 0 bridgehead atoms. The molecule has 0 aliphatic heterocycles. The maximum atomic E-state index is 5.52. The molecule has 0 N–H and O–H groups in total. The molecule has 0 unspecified atom stereocenters. The van der Waals surface area contributed by atoms with Gasteiger partial charge in [0.1, 0.15) is 17.2 Å². The molecule has 1 rings (SSSR count). The SMILES string of the molecule is CCSC(SCC)c1c(OC)cc(OC)cc1OC. The molecule has 0 amide bonds. The van der Waals surface area contributed by atoms with E-state index in [1.807, 2.05) is 35.7 Å². The molecule has 0 saturated heterocycles. The van der Waals surface area contributed by atoms with E-state index in [0.717, 1.165) is 34.3 Å². The largest absolute Gasteiger partial charge is 0.496 e. The molecule has 1 aromatic rings. The zero-order chi connectivity index (χ0) is 14.3. The van der Waals surface area contributed by atoms with E-state index in [2.05, 4.69) is 13.8 Å². The number of hydrogen-bond donors (Lipinski definition) is 0. The Labute approximate surface area is 124 Å². The van der Waals surface area contributed by atoms with Gasteiger partial charge in [-0.15, -0.1) is 23.5 Å². The van der Waals surface area contributed by atoms with Gasteiger partial charge in [-0.3, -0.25) is 0 Å². The predicted molar refractivity (Wildman–Crippen MR) is 85.1 cm³/mol. The van der Waals surface area contributed by atoms with Gasteiger partial charge in [0, 0.05) is 12.1 Å². The molecule has 3 nitrogen and oxygen atoms in total. The van der Waals surface area contributed by atoms with Crippen LogP contribution in [-0.2, 0) is 0 Å². The summed E-state index contributed by atoms with van der Waals surface area (Å²) in [5.41, 5.74) is 1.10. The Morgan fingerprint density at radius 1 is 0.895 bits per heavy atom. The molecule has 5 heteroatoms. The monoisotopic (exact) mass is 302 g/mol. The van der Waals surface area contributed by atoms with E-state index in [1.54, 1.807) is 21.3 Å². The maximum absolute atomic E-state index is 5.52. The minimum Gasteiger partial charge on any atom is -0.496 e. The second kappa shape index (κ2) is 8.48. The lowest BCUT2D eigenvalue weighted by atomic mass is 10.2. The van der Waals surface area contributed by atoms with E-state index in [1.165, 1.54) is 0 Å². The molecule has 0 spiro atoms. The highest BCUT2D eigenvalue weighted by molar-refractivity contribution is 8.16. The van der Waals surface area contributed by atoms with Gasteiger partial charge >= 0.3 is 0 Å². The van der Waals surface area contributed by atoms with E-state index in [4.69, 9.17) is 14.2 Å². The van der Waals surface area contributed by atoms with Crippen molar-refractivity contribution in [3.05, 3.63) is 17.7 Å². The summed E-state index contributed by atoms with van der Waals surface area (Å²) in [7, 11) is 5.01. The standard InChI is InChI=1S/C14H22O3S2/c1-6-18-14(19-7-2)13-11(16-4)8-10(15-3)9-12(13)17-5/h8-9,14H,6-7H2,1-5H3. The van der Waals surface area contributed by atoms with Crippen molar-refractivity contribution in [3.63, 3.8) is 0 Å². The topological polar surface area (TPSA) is 27.7 Å². The van der Waals surface area contributed by atoms with Crippen molar-refractivity contribution in [2.45, 2.75) is 18.4 Å². The molecular formula is C14H22O3S2. The van der Waals surface area contributed by atoms with Crippen molar-refractivity contribution in [1.82, 2.24) is 0 Å². The quantitative estimate of drug-likeness (QED) is 0.670. The highest BCUT2D eigenvalue weighted by Gasteiger charge is 2.22. The van der Waals surface area contributed by atoms with Crippen LogP contribution < -0.4 is 14.2 Å². The van der Waals surface area contributed by atoms with E-state index in [9.17, 15) is 0 Å². The first-order chi connectivity index (χ1) is 9.21. The Morgan fingerprint density at radius 2 is 1.37 bits per heavy atom. The molecule has 0 radical (unpaired) electrons. The smallest absolute Gasteiger partial charge is 0.131 e. The van der Waals surface area contributed by atoms with Gasteiger partial charge in [-0.25, -0.2) is 0 Å². The van der Waals surface area contributed by atoms with Gasteiger partial charge in [-0.05, 0) is 11.5 Å². The fourth-order valence-corrected chi connectivity index (χ4v) is 4.39. The molecule has 1 aromatic carbocycles. The summed E-state index contributed by atoms with van der Waals surface area (Å²) in [5, 5.41) is 0. The van der Waals surface area contributed by atoms with Crippen molar-refractivity contribution in [1.29, 1.82) is 0 Å². The van der Waals surface area contributed by atoms with Crippen LogP contribution in [0.3, 0.4) is 0 Å². The summed E-state index contributed by atoms with van der Waals surface area (Å²) < 4.78 is 16.6. The number of methoxy groups -OCH3 is 3. The van der Waals surface area contributed by atoms with Crippen LogP contribution in [-0.4, -0.2) is 32.8 Å². The zero-order valence-electron chi connectivity index (χ0n) is 12.2. The Hall–Kier alpha value is -0.680. The lowest BCUT2D eigenvalue weighted by Crippen LogP contribution is -2.01. The lowest BCUT2D eigenvalue weighted by molar-refractivity contribution is 0.370. The van der Waals surface area contributed by atoms with Crippen molar-refractivity contribution in [2.24, 2.45) is 0 Å². The second-order valence-electron chi connectivity index (χ2n) is 3.69. The molecule has 0 fully saturated rings. The third-order valence-electron chi connectivity index (χ3n) is 2.62. The fourth-order valence-electron chi connectivity index (χ4n) is 1.78. The zero-order valence-corrected chi connectivity index (χ0v) is 13.8. The van der Waals surface area contributed by atoms with Crippen LogP contribution >= 0.6 is 23.5 Å². The second-order valence-corrected chi connectivity index (χ2v) is 6.75. The van der Waals surface area contributed by atoms with Crippen molar-refractivity contribution >= 4 is 23.5 Å². The van der Waals surface area contributed by atoms with Crippen LogP contribution in [0.4, 0.5) is 0 Å². The van der Waals surface area contributed by atoms with Gasteiger partial charge in [-0.1, -0.05) is 13.8 Å². The average Bonchev–Trinajstić information content (AvgIpc) is 2.45. The Balaban J connectivity index is 3.27. The van der Waals surface area contributed by atoms with Crippen LogP contribution in [0, 0.1) is 0 Å². The predicted octanol–water partition coefficient (Wildman–Crippen LogP) is 4.22. The summed E-state index contributed by atoms with van der Waals surface area (Å²) >= 11 is 3.78. The molecular weight excluding hydrogens is 280 g/mol. The number of thioether (sulfide) groups is 2. The molecule has 0 aliphatic rings. The number of ether oxygens (including phenoxy) is 3. The number of benzene rings is 1. The summed E-state index contributed by atoms with van der Waals surface area (Å²) in [6, 6.07) is 3.83. The first-order valence-electron chi connectivity index (χ1n) is 6.24. The number of hydrogen-bond acceptors (Lipinski definition) is 5. The van der Waals surface area contributed by atoms with E-state index >= 15 is 0 Å². The maximum Gasteiger partial charge on any atom is 0.131 e. The van der Waals surface area contributed by atoms with Crippen LogP contribution in [0.5, 0.6) is 17.2 Å². The molecule has 0 saturated carbocycles. The highest BCUT2D eigenvalue weighted by Crippen LogP contribution is 2.49. The van der Waals surface area contributed by atoms with Crippen molar-refractivity contribution in [3.8, 4) is 17.2 Å². The van der Waals surface area contributed by atoms with Gasteiger partial charge in [-0.2, -0.15) is 0 Å². The number of rotatable bonds is 8. The summed E-state index contributed by atoms with van der Waals surface area (Å²) in [4.78, 5) is 0. The van der Waals surface area contributed by atoms with Crippen LogP contribution in [0.15, 0.2) is 12.1 Å². The van der Waals surface area contributed by atoms with Crippen LogP contribution in [0.1, 0.15) is 24.0 Å². The summed E-state index contributed by atoms with van der Waals surface area (Å²) in [5.74, 6) is 4.50. The Morgan fingerprint density at radius 3 is 1.68 bits per heavy atom. The molecule has 0 aliphatic carbocycles. The average molecular weight is 302 g/mol. The Bertz CT molecular complexity index is 365. The molecule has 0 aromatic heterocycles. The normalized spacial score (nSPS) is 10.6. The van der Waals surface area contributed by atoms with Gasteiger partial charge in [0.15, 0.2) is 0 Å². The van der Waals surface area contributed by atoms with Crippen LogP contribution in [0.25, 0.3) is 0 Å². The summed E-state index contributed by atoms with van der Waals surface area (Å²) in [6.45, 7) is 4.33. The van der Waals surface area contributed by atoms with Crippen molar-refractivity contribution in [2.75, 3.05) is 32.8 Å². The van der Waals surface area contributed by atoms with Gasteiger partial charge in [0.2, 0.25) is 0 Å². The lowest BCUT2D eigenvalue weighted by Gasteiger charge is -2.21. The molecule has 19 heavy (non-hydrogen) atoms. The first kappa shape index (κ1) is 16.4. The van der Waals surface area contributed by atoms with E-state index in [-0.39, 0.29) is 0 Å². The fraction of sp³-hybridized carbons (Fsp3) is 0.571. The highest BCUT2D eigenvalue weighted by atomic mass is 32.2. The van der Waals surface area contributed by atoms with Crippen molar-refractivity contribution < 1.29 is 14.2 Å². The van der Waals surface area contributed by atoms with Gasteiger partial charge < -0.3 is 14.2 Å². The molecule has 0 heterocycles. The van der Waals surface area contributed by atoms with Gasteiger partial charge in [0.25, 0.3) is 0 Å². The van der Waals surface area contributed by atoms with Gasteiger partial charge in [0.05, 0.1) is 31.5 Å². The van der Waals surface area contributed by atoms with E-state index < -0.39 is 0 Å². The minimum absolute atomic E-state index is 0.311. The first-order valence-corrected chi connectivity index (χ1v) is 8.34. The molecule has 108 valence electrons. The van der Waals surface area contributed by atoms with E-state index in [0.29, 0.717) is 4.58 Å². The Kier molecular flexibility index (Phi) is 7.31. The third kappa shape index (κ3) is 4.14. The van der Waals surface area contributed by atoms with Crippen LogP contribution in [0.2, 0.25) is 0 Å². The summed E-state index contributed by atoms with van der Waals surface area (Å²) in [6.07, 6.45) is 0.